The number of aromatic nitrogens is 1. The number of nitriles is 1. The molecular formula is C28H29N3O5. The molecule has 1 aliphatic rings. The van der Waals surface area contributed by atoms with E-state index in [1.54, 1.807) is 24.1 Å². The second-order valence-corrected chi connectivity index (χ2v) is 10.0. The molecule has 186 valence electrons. The van der Waals surface area contributed by atoms with Gasteiger partial charge >= 0.3 is 0 Å². The Morgan fingerprint density at radius 3 is 2.58 bits per heavy atom. The zero-order valence-corrected chi connectivity index (χ0v) is 20.9. The highest BCUT2D eigenvalue weighted by Gasteiger charge is 2.36. The number of nitrogens with one attached hydrogen (secondary N) is 1. The van der Waals surface area contributed by atoms with Crippen molar-refractivity contribution >= 4 is 11.7 Å². The third kappa shape index (κ3) is 5.10. The van der Waals surface area contributed by atoms with Crippen molar-refractivity contribution < 1.29 is 18.8 Å². The lowest BCUT2D eigenvalue weighted by Gasteiger charge is -2.36. The minimum atomic E-state index is -0.800. The van der Waals surface area contributed by atoms with Gasteiger partial charge in [0.1, 0.15) is 17.6 Å². The van der Waals surface area contributed by atoms with Crippen molar-refractivity contribution in [1.82, 2.24) is 10.1 Å². The molecule has 1 N–H and O–H groups in total. The van der Waals surface area contributed by atoms with E-state index in [0.717, 1.165) is 16.7 Å². The van der Waals surface area contributed by atoms with Crippen LogP contribution in [0.25, 0.3) is 0 Å². The molecule has 0 spiro atoms. The summed E-state index contributed by atoms with van der Waals surface area (Å²) in [4.78, 5) is 40.0. The molecule has 1 atom stereocenters. The number of carbonyl (C=O) groups excluding carboxylic acids is 2. The van der Waals surface area contributed by atoms with Crippen molar-refractivity contribution in [1.29, 1.82) is 5.26 Å². The van der Waals surface area contributed by atoms with Crippen molar-refractivity contribution in [2.24, 2.45) is 0 Å². The predicted octanol–water partition coefficient (Wildman–Crippen LogP) is 3.63. The smallest absolute Gasteiger partial charge is 0.280 e. The van der Waals surface area contributed by atoms with Crippen LogP contribution in [0.2, 0.25) is 0 Å². The number of hydrogen-bond acceptors (Lipinski definition) is 6. The van der Waals surface area contributed by atoms with Gasteiger partial charge in [-0.2, -0.15) is 10.4 Å². The van der Waals surface area contributed by atoms with Crippen molar-refractivity contribution in [3.05, 3.63) is 86.4 Å². The number of nitrogens with zero attached hydrogens (tertiary/aromatic N) is 2. The normalized spacial score (nSPS) is 15.2. The van der Waals surface area contributed by atoms with Gasteiger partial charge in [0.05, 0.1) is 25.2 Å². The maximum atomic E-state index is 13.7. The van der Waals surface area contributed by atoms with Gasteiger partial charge in [-0.25, -0.2) is 0 Å². The SMILES string of the molecule is COc1ccc2c(c1)CCN(C(=O)Cc1cc(=O)[nH]o1)[C@H]2C(=O)Cc1ccc(C(C)(C)C)c(C#N)c1. The van der Waals surface area contributed by atoms with Gasteiger partial charge < -0.3 is 14.2 Å². The fourth-order valence-corrected chi connectivity index (χ4v) is 4.75. The summed E-state index contributed by atoms with van der Waals surface area (Å²) in [5, 5.41) is 11.9. The van der Waals surface area contributed by atoms with Gasteiger partial charge in [-0.1, -0.05) is 39.0 Å². The zero-order valence-electron chi connectivity index (χ0n) is 20.9. The fourth-order valence-electron chi connectivity index (χ4n) is 4.75. The van der Waals surface area contributed by atoms with Crippen molar-refractivity contribution in [2.45, 2.75) is 51.5 Å². The van der Waals surface area contributed by atoms with E-state index in [9.17, 15) is 19.6 Å². The number of H-pyrrole nitrogens is 1. The van der Waals surface area contributed by atoms with E-state index in [1.165, 1.54) is 6.07 Å². The van der Waals surface area contributed by atoms with Crippen molar-refractivity contribution in [3.63, 3.8) is 0 Å². The summed E-state index contributed by atoms with van der Waals surface area (Å²) in [7, 11) is 1.59. The maximum absolute atomic E-state index is 13.7. The Morgan fingerprint density at radius 2 is 1.94 bits per heavy atom. The molecule has 8 nitrogen and oxygen atoms in total. The summed E-state index contributed by atoms with van der Waals surface area (Å²) < 4.78 is 10.4. The number of carbonyl (C=O) groups is 2. The highest BCUT2D eigenvalue weighted by molar-refractivity contribution is 5.92. The standard InChI is InChI=1S/C28H29N3O5/c1-28(2,3)23-8-5-17(11-19(23)16-29)12-24(32)27-22-7-6-20(35-4)13-18(22)9-10-31(27)26(34)15-21-14-25(33)30-36-21/h5-8,11,13-14,27H,9-10,12,15H2,1-4H3,(H,30,33)/t27-/m1/s1. The molecule has 0 radical (unpaired) electrons. The van der Waals surface area contributed by atoms with E-state index in [0.29, 0.717) is 29.8 Å². The van der Waals surface area contributed by atoms with Crippen LogP contribution in [0.1, 0.15) is 60.4 Å². The van der Waals surface area contributed by atoms with Crippen LogP contribution in [-0.2, 0) is 34.3 Å². The van der Waals surface area contributed by atoms with Crippen molar-refractivity contribution in [3.8, 4) is 11.8 Å². The summed E-state index contributed by atoms with van der Waals surface area (Å²) in [6.07, 6.45) is 0.503. The molecule has 1 amide bonds. The number of benzene rings is 2. The quantitative estimate of drug-likeness (QED) is 0.568. The molecule has 2 heterocycles. The summed E-state index contributed by atoms with van der Waals surface area (Å²) in [6, 6.07) is 13.7. The highest BCUT2D eigenvalue weighted by Crippen LogP contribution is 2.34. The number of ketones is 1. The molecule has 0 saturated heterocycles. The fraction of sp³-hybridized carbons (Fsp3) is 0.357. The van der Waals surface area contributed by atoms with Gasteiger partial charge in [0.2, 0.25) is 5.91 Å². The highest BCUT2D eigenvalue weighted by atomic mass is 16.5. The topological polar surface area (TPSA) is 116 Å². The van der Waals surface area contributed by atoms with Crippen molar-refractivity contribution in [2.75, 3.05) is 13.7 Å². The van der Waals surface area contributed by atoms with E-state index >= 15 is 0 Å². The number of methoxy groups -OCH3 is 1. The summed E-state index contributed by atoms with van der Waals surface area (Å²) in [5.74, 6) is 0.439. The van der Waals surface area contributed by atoms with E-state index < -0.39 is 11.6 Å². The average molecular weight is 488 g/mol. The Balaban J connectivity index is 1.67. The maximum Gasteiger partial charge on any atom is 0.280 e. The van der Waals surface area contributed by atoms with Crippen LogP contribution in [0.5, 0.6) is 5.75 Å². The predicted molar refractivity (Wildman–Crippen MR) is 133 cm³/mol. The third-order valence-corrected chi connectivity index (χ3v) is 6.49. The number of amides is 1. The summed E-state index contributed by atoms with van der Waals surface area (Å²) in [6.45, 7) is 6.46. The lowest BCUT2D eigenvalue weighted by molar-refractivity contribution is -0.140. The largest absolute Gasteiger partial charge is 0.497 e. The molecule has 0 aliphatic carbocycles. The van der Waals surface area contributed by atoms with E-state index in [2.05, 4.69) is 11.2 Å². The Morgan fingerprint density at radius 1 is 1.17 bits per heavy atom. The number of rotatable bonds is 6. The molecular weight excluding hydrogens is 458 g/mol. The number of hydrogen-bond donors (Lipinski definition) is 1. The molecule has 36 heavy (non-hydrogen) atoms. The van der Waals surface area contributed by atoms with Crippen LogP contribution in [0.3, 0.4) is 0 Å². The van der Waals surface area contributed by atoms with Gasteiger partial charge in [0.25, 0.3) is 5.56 Å². The minimum absolute atomic E-state index is 0.0677. The molecule has 1 aliphatic heterocycles. The lowest BCUT2D eigenvalue weighted by Crippen LogP contribution is -2.44. The van der Waals surface area contributed by atoms with Crippen LogP contribution >= 0.6 is 0 Å². The molecule has 4 rings (SSSR count). The molecule has 0 fully saturated rings. The van der Waals surface area contributed by atoms with Gasteiger partial charge in [-0.3, -0.25) is 14.4 Å². The van der Waals surface area contributed by atoms with E-state index in [1.807, 2.05) is 45.0 Å². The van der Waals surface area contributed by atoms with Crippen LogP contribution < -0.4 is 10.3 Å². The van der Waals surface area contributed by atoms with Gasteiger partial charge in [-0.05, 0) is 52.3 Å². The summed E-state index contributed by atoms with van der Waals surface area (Å²) in [5.41, 5.74) is 3.25. The first kappa shape index (κ1) is 25.0. The van der Waals surface area contributed by atoms with Crippen LogP contribution in [-0.4, -0.2) is 35.4 Å². The number of fused-ring (bicyclic) bond motifs is 1. The monoisotopic (exact) mass is 487 g/mol. The number of Topliss-reactive ketones (excluding diaryl/α,β-unsaturated/α-hetero) is 1. The molecule has 3 aromatic rings. The first-order valence-electron chi connectivity index (χ1n) is 11.8. The lowest BCUT2D eigenvalue weighted by atomic mass is 9.82. The van der Waals surface area contributed by atoms with Gasteiger partial charge in [0.15, 0.2) is 5.78 Å². The van der Waals surface area contributed by atoms with E-state index in [-0.39, 0.29) is 35.7 Å². The first-order valence-corrected chi connectivity index (χ1v) is 11.8. The molecule has 0 unspecified atom stereocenters. The first-order chi connectivity index (χ1) is 17.1. The number of aromatic amines is 1. The second kappa shape index (κ2) is 9.86. The van der Waals surface area contributed by atoms with Crippen LogP contribution in [0.15, 0.2) is 51.8 Å². The number of ether oxygens (including phenoxy) is 1. The van der Waals surface area contributed by atoms with Crippen LogP contribution in [0, 0.1) is 11.3 Å². The molecule has 1 aromatic heterocycles. The third-order valence-electron chi connectivity index (χ3n) is 6.49. The Labute approximate surface area is 209 Å². The van der Waals surface area contributed by atoms with Gasteiger partial charge in [0, 0.05) is 19.0 Å². The summed E-state index contributed by atoms with van der Waals surface area (Å²) >= 11 is 0. The molecule has 0 saturated carbocycles. The second-order valence-electron chi connectivity index (χ2n) is 10.0. The Bertz CT molecular complexity index is 1400. The minimum Gasteiger partial charge on any atom is -0.497 e. The molecule has 2 aromatic carbocycles. The van der Waals surface area contributed by atoms with Gasteiger partial charge in [-0.15, -0.1) is 0 Å². The average Bonchev–Trinajstić information content (AvgIpc) is 3.26. The molecule has 8 heteroatoms. The Kier molecular flexibility index (Phi) is 6.84. The zero-order chi connectivity index (χ0) is 26.0. The van der Waals surface area contributed by atoms with E-state index in [4.69, 9.17) is 9.26 Å². The molecule has 0 bridgehead atoms. The van der Waals surface area contributed by atoms with Crippen LogP contribution in [0.4, 0.5) is 0 Å². The Hall–Kier alpha value is -4.12.